The van der Waals surface area contributed by atoms with Crippen LogP contribution in [0.15, 0.2) is 54.7 Å². The lowest BCUT2D eigenvalue weighted by atomic mass is 10.1. The van der Waals surface area contributed by atoms with Gasteiger partial charge in [0.2, 0.25) is 0 Å². The van der Waals surface area contributed by atoms with Crippen molar-refractivity contribution in [2.75, 3.05) is 31.2 Å². The SMILES string of the molecule is CN(CCCCNc1c(N)cnc2ccccc12)C(=O)c1ccccc1C=O. The van der Waals surface area contributed by atoms with E-state index in [0.717, 1.165) is 36.0 Å². The van der Waals surface area contributed by atoms with Gasteiger partial charge in [0.1, 0.15) is 0 Å². The van der Waals surface area contributed by atoms with Gasteiger partial charge in [0, 0.05) is 31.1 Å². The number of anilines is 2. The predicted octanol–water partition coefficient (Wildman–Crippen LogP) is 3.59. The van der Waals surface area contributed by atoms with Crippen LogP contribution in [0.25, 0.3) is 10.9 Å². The molecule has 0 aliphatic carbocycles. The molecule has 6 heteroatoms. The highest BCUT2D eigenvalue weighted by Crippen LogP contribution is 2.27. The number of benzene rings is 2. The summed E-state index contributed by atoms with van der Waals surface area (Å²) in [5.74, 6) is -0.139. The van der Waals surface area contributed by atoms with Gasteiger partial charge in [-0.25, -0.2) is 0 Å². The van der Waals surface area contributed by atoms with Crippen LogP contribution in [-0.4, -0.2) is 42.2 Å². The molecular formula is C22H24N4O2. The summed E-state index contributed by atoms with van der Waals surface area (Å²) in [6.07, 6.45) is 4.10. The molecule has 0 aliphatic heterocycles. The topological polar surface area (TPSA) is 88.3 Å². The Labute approximate surface area is 164 Å². The van der Waals surface area contributed by atoms with Crippen molar-refractivity contribution in [3.8, 4) is 0 Å². The van der Waals surface area contributed by atoms with E-state index < -0.39 is 0 Å². The van der Waals surface area contributed by atoms with Crippen LogP contribution in [0.4, 0.5) is 11.4 Å². The molecule has 3 rings (SSSR count). The average molecular weight is 376 g/mol. The van der Waals surface area contributed by atoms with Crippen molar-refractivity contribution in [3.63, 3.8) is 0 Å². The number of fused-ring (bicyclic) bond motifs is 1. The maximum absolute atomic E-state index is 12.5. The van der Waals surface area contributed by atoms with Gasteiger partial charge in [-0.2, -0.15) is 0 Å². The zero-order valence-corrected chi connectivity index (χ0v) is 15.9. The highest BCUT2D eigenvalue weighted by Gasteiger charge is 2.14. The Morgan fingerprint density at radius 1 is 1.14 bits per heavy atom. The standard InChI is InChI=1S/C22H24N4O2/c1-26(22(28)17-9-3-2-8-16(17)15-27)13-7-6-12-24-21-18-10-4-5-11-20(18)25-14-19(21)23/h2-5,8-11,14-15H,6-7,12-13,23H2,1H3,(H,24,25). The number of unbranched alkanes of at least 4 members (excludes halogenated alkanes) is 1. The number of hydrogen-bond donors (Lipinski definition) is 2. The first kappa shape index (κ1) is 19.4. The molecule has 3 aromatic rings. The number of nitrogen functional groups attached to an aromatic ring is 1. The van der Waals surface area contributed by atoms with E-state index in [0.29, 0.717) is 29.6 Å². The smallest absolute Gasteiger partial charge is 0.254 e. The molecule has 28 heavy (non-hydrogen) atoms. The highest BCUT2D eigenvalue weighted by atomic mass is 16.2. The Morgan fingerprint density at radius 3 is 2.71 bits per heavy atom. The number of para-hydroxylation sites is 1. The summed E-state index contributed by atoms with van der Waals surface area (Å²) >= 11 is 0. The van der Waals surface area contributed by atoms with Gasteiger partial charge in [-0.1, -0.05) is 36.4 Å². The van der Waals surface area contributed by atoms with Crippen molar-refractivity contribution in [1.82, 2.24) is 9.88 Å². The molecule has 0 bridgehead atoms. The zero-order valence-electron chi connectivity index (χ0n) is 15.9. The second-order valence-corrected chi connectivity index (χ2v) is 6.67. The summed E-state index contributed by atoms with van der Waals surface area (Å²) in [5, 5.41) is 4.39. The third kappa shape index (κ3) is 4.28. The second kappa shape index (κ2) is 8.99. The molecule has 144 valence electrons. The summed E-state index contributed by atoms with van der Waals surface area (Å²) in [6, 6.07) is 14.7. The van der Waals surface area contributed by atoms with Crippen LogP contribution in [0.5, 0.6) is 0 Å². The number of nitrogens with one attached hydrogen (secondary N) is 1. The number of nitrogens with two attached hydrogens (primary N) is 1. The predicted molar refractivity (Wildman–Crippen MR) is 113 cm³/mol. The largest absolute Gasteiger partial charge is 0.396 e. The summed E-state index contributed by atoms with van der Waals surface area (Å²) in [5.41, 5.74) is 9.35. The molecule has 0 aliphatic rings. The monoisotopic (exact) mass is 376 g/mol. The molecule has 1 aromatic heterocycles. The lowest BCUT2D eigenvalue weighted by molar-refractivity contribution is 0.0790. The molecule has 0 radical (unpaired) electrons. The number of aldehydes is 1. The number of nitrogens with zero attached hydrogens (tertiary/aromatic N) is 2. The Kier molecular flexibility index (Phi) is 6.22. The van der Waals surface area contributed by atoms with Gasteiger partial charge in [-0.3, -0.25) is 14.6 Å². The third-order valence-corrected chi connectivity index (χ3v) is 4.69. The minimum Gasteiger partial charge on any atom is -0.396 e. The van der Waals surface area contributed by atoms with Crippen molar-refractivity contribution in [2.45, 2.75) is 12.8 Å². The van der Waals surface area contributed by atoms with E-state index in [4.69, 9.17) is 5.73 Å². The van der Waals surface area contributed by atoms with Gasteiger partial charge >= 0.3 is 0 Å². The number of hydrogen-bond acceptors (Lipinski definition) is 5. The summed E-state index contributed by atoms with van der Waals surface area (Å²) in [4.78, 5) is 29.6. The van der Waals surface area contributed by atoms with Gasteiger partial charge < -0.3 is 16.0 Å². The first-order valence-corrected chi connectivity index (χ1v) is 9.28. The van der Waals surface area contributed by atoms with Crippen molar-refractivity contribution >= 4 is 34.5 Å². The number of pyridine rings is 1. The van der Waals surface area contributed by atoms with Crippen LogP contribution in [-0.2, 0) is 0 Å². The number of carbonyl (C=O) groups excluding carboxylic acids is 2. The van der Waals surface area contributed by atoms with Gasteiger partial charge in [0.25, 0.3) is 5.91 Å². The van der Waals surface area contributed by atoms with Crippen molar-refractivity contribution < 1.29 is 9.59 Å². The van der Waals surface area contributed by atoms with E-state index in [-0.39, 0.29) is 5.91 Å². The van der Waals surface area contributed by atoms with Crippen LogP contribution in [0.1, 0.15) is 33.6 Å². The normalized spacial score (nSPS) is 10.6. The molecule has 2 aromatic carbocycles. The lowest BCUT2D eigenvalue weighted by Gasteiger charge is -2.18. The van der Waals surface area contributed by atoms with Crippen LogP contribution >= 0.6 is 0 Å². The highest BCUT2D eigenvalue weighted by molar-refractivity contribution is 6.01. The molecule has 0 saturated carbocycles. The van der Waals surface area contributed by atoms with E-state index in [1.165, 1.54) is 0 Å². The van der Waals surface area contributed by atoms with E-state index in [2.05, 4.69) is 10.3 Å². The minimum absolute atomic E-state index is 0.139. The van der Waals surface area contributed by atoms with Gasteiger partial charge in [-0.15, -0.1) is 0 Å². The van der Waals surface area contributed by atoms with Crippen LogP contribution in [0, 0.1) is 0 Å². The molecule has 0 atom stereocenters. The van der Waals surface area contributed by atoms with Crippen molar-refractivity contribution in [3.05, 3.63) is 65.9 Å². The summed E-state index contributed by atoms with van der Waals surface area (Å²) in [7, 11) is 1.76. The van der Waals surface area contributed by atoms with Crippen LogP contribution < -0.4 is 11.1 Å². The van der Waals surface area contributed by atoms with E-state index >= 15 is 0 Å². The maximum Gasteiger partial charge on any atom is 0.254 e. The molecule has 1 amide bonds. The molecular weight excluding hydrogens is 352 g/mol. The maximum atomic E-state index is 12.5. The van der Waals surface area contributed by atoms with Gasteiger partial charge in [-0.05, 0) is 25.0 Å². The number of aromatic nitrogens is 1. The number of amides is 1. The van der Waals surface area contributed by atoms with E-state index in [9.17, 15) is 9.59 Å². The zero-order chi connectivity index (χ0) is 19.9. The number of rotatable bonds is 8. The first-order chi connectivity index (χ1) is 13.6. The molecule has 0 fully saturated rings. The van der Waals surface area contributed by atoms with Crippen LogP contribution in [0.3, 0.4) is 0 Å². The fourth-order valence-corrected chi connectivity index (χ4v) is 3.14. The summed E-state index contributed by atoms with van der Waals surface area (Å²) < 4.78 is 0. The Bertz CT molecular complexity index is 987. The average Bonchev–Trinajstić information content (AvgIpc) is 2.74. The van der Waals surface area contributed by atoms with Crippen molar-refractivity contribution in [2.24, 2.45) is 0 Å². The van der Waals surface area contributed by atoms with E-state index in [1.807, 2.05) is 24.3 Å². The van der Waals surface area contributed by atoms with Crippen molar-refractivity contribution in [1.29, 1.82) is 0 Å². The Balaban J connectivity index is 1.52. The molecule has 6 nitrogen and oxygen atoms in total. The second-order valence-electron chi connectivity index (χ2n) is 6.67. The van der Waals surface area contributed by atoms with Gasteiger partial charge in [0.05, 0.1) is 28.7 Å². The molecule has 0 saturated heterocycles. The van der Waals surface area contributed by atoms with Gasteiger partial charge in [0.15, 0.2) is 6.29 Å². The first-order valence-electron chi connectivity index (χ1n) is 9.28. The fourth-order valence-electron chi connectivity index (χ4n) is 3.14. The Morgan fingerprint density at radius 2 is 1.89 bits per heavy atom. The third-order valence-electron chi connectivity index (χ3n) is 4.69. The quantitative estimate of drug-likeness (QED) is 0.463. The fraction of sp³-hybridized carbons (Fsp3) is 0.227. The summed E-state index contributed by atoms with van der Waals surface area (Å²) in [6.45, 7) is 1.35. The molecule has 1 heterocycles. The Hall–Kier alpha value is -3.41. The molecule has 0 unspecified atom stereocenters. The van der Waals surface area contributed by atoms with E-state index in [1.54, 1.807) is 42.4 Å². The minimum atomic E-state index is -0.139. The lowest BCUT2D eigenvalue weighted by Crippen LogP contribution is -2.28. The molecule has 3 N–H and O–H groups in total. The van der Waals surface area contributed by atoms with Crippen LogP contribution in [0.2, 0.25) is 0 Å². The number of carbonyl (C=O) groups is 2. The molecule has 0 spiro atoms.